The van der Waals surface area contributed by atoms with Crippen LogP contribution in [0.1, 0.15) is 84.0 Å². The van der Waals surface area contributed by atoms with Gasteiger partial charge in [0.25, 0.3) is 0 Å². The number of carboxylic acid groups (broad SMARTS) is 1. The molecule has 2 aliphatic rings. The molecule has 2 nitrogen and oxygen atoms in total. The van der Waals surface area contributed by atoms with E-state index in [-0.39, 0.29) is 0 Å². The van der Waals surface area contributed by atoms with Crippen molar-refractivity contribution in [2.24, 2.45) is 11.8 Å². The van der Waals surface area contributed by atoms with Gasteiger partial charge in [0.1, 0.15) is 0 Å². The summed E-state index contributed by atoms with van der Waals surface area (Å²) in [6.07, 6.45) is 19.0. The van der Waals surface area contributed by atoms with E-state index < -0.39 is 5.97 Å². The number of thioether (sulfide) groups is 2. The number of allylic oxidation sites excluding steroid dienone is 2. The minimum atomic E-state index is -0.676. The van der Waals surface area contributed by atoms with Crippen LogP contribution < -0.4 is 0 Å². The molecule has 0 unspecified atom stereocenters. The van der Waals surface area contributed by atoms with Crippen LogP contribution >= 0.6 is 23.5 Å². The van der Waals surface area contributed by atoms with Gasteiger partial charge in [0.2, 0.25) is 0 Å². The first-order valence-electron chi connectivity index (χ1n) is 10.8. The van der Waals surface area contributed by atoms with Gasteiger partial charge in [-0.3, -0.25) is 4.79 Å². The van der Waals surface area contributed by atoms with Crippen LogP contribution in [0.15, 0.2) is 12.2 Å². The molecule has 150 valence electrons. The van der Waals surface area contributed by atoms with E-state index in [1.807, 2.05) is 0 Å². The van der Waals surface area contributed by atoms with Crippen molar-refractivity contribution in [3.05, 3.63) is 12.2 Å². The van der Waals surface area contributed by atoms with Crippen LogP contribution in [0, 0.1) is 11.8 Å². The molecule has 2 heterocycles. The van der Waals surface area contributed by atoms with Crippen molar-refractivity contribution in [3.8, 4) is 0 Å². The Morgan fingerprint density at radius 2 is 1.77 bits per heavy atom. The monoisotopic (exact) mass is 398 g/mol. The average Bonchev–Trinajstić information content (AvgIpc) is 3.22. The minimum Gasteiger partial charge on any atom is -0.481 e. The lowest BCUT2D eigenvalue weighted by molar-refractivity contribution is -0.137. The molecular formula is C22H38O2S2. The molecular weight excluding hydrogens is 360 g/mol. The molecule has 0 saturated carbocycles. The van der Waals surface area contributed by atoms with E-state index in [9.17, 15) is 4.79 Å². The van der Waals surface area contributed by atoms with Crippen molar-refractivity contribution < 1.29 is 9.90 Å². The van der Waals surface area contributed by atoms with Gasteiger partial charge in [-0.15, -0.1) is 0 Å². The molecule has 4 heteroatoms. The van der Waals surface area contributed by atoms with E-state index in [0.29, 0.717) is 6.42 Å². The van der Waals surface area contributed by atoms with E-state index in [1.165, 1.54) is 69.3 Å². The molecule has 2 saturated heterocycles. The number of fused-ring (bicyclic) bond motifs is 2. The van der Waals surface area contributed by atoms with Gasteiger partial charge in [-0.2, -0.15) is 23.5 Å². The van der Waals surface area contributed by atoms with Crippen LogP contribution in [0.3, 0.4) is 0 Å². The Hall–Kier alpha value is -0.0900. The predicted molar refractivity (Wildman–Crippen MR) is 117 cm³/mol. The summed E-state index contributed by atoms with van der Waals surface area (Å²) in [6, 6.07) is 0. The summed E-state index contributed by atoms with van der Waals surface area (Å²) in [4.78, 5) is 10.6. The lowest BCUT2D eigenvalue weighted by atomic mass is 9.78. The lowest BCUT2D eigenvalue weighted by Gasteiger charge is -2.28. The van der Waals surface area contributed by atoms with Crippen LogP contribution in [0.4, 0.5) is 0 Å². The van der Waals surface area contributed by atoms with Gasteiger partial charge in [0.15, 0.2) is 0 Å². The second-order valence-corrected chi connectivity index (χ2v) is 10.6. The summed E-state index contributed by atoms with van der Waals surface area (Å²) in [7, 11) is 0. The summed E-state index contributed by atoms with van der Waals surface area (Å²) in [6.45, 7) is 2.28. The van der Waals surface area contributed by atoms with E-state index in [2.05, 4.69) is 42.6 Å². The average molecular weight is 399 g/mol. The molecule has 0 aromatic heterocycles. The summed E-state index contributed by atoms with van der Waals surface area (Å²) in [5, 5.41) is 10.5. The standard InChI is InChI=1S/C22H38O2S2/c1-2-3-4-5-8-11-16-25-17-19-18(20-14-15-21(19)26-20)12-9-6-7-10-13-22(23)24/h6,9,18-21H,2-5,7-8,10-17H2,1H3,(H,23,24)/b9-6-/t18-,19+,20-,21+/m1/s1. The highest BCUT2D eigenvalue weighted by Crippen LogP contribution is 2.55. The van der Waals surface area contributed by atoms with Gasteiger partial charge >= 0.3 is 5.97 Å². The van der Waals surface area contributed by atoms with E-state index in [0.717, 1.165) is 35.2 Å². The molecule has 2 aliphatic heterocycles. The molecule has 4 atom stereocenters. The molecule has 0 spiro atoms. The zero-order valence-electron chi connectivity index (χ0n) is 16.5. The summed E-state index contributed by atoms with van der Waals surface area (Å²) in [5.74, 6) is 3.81. The maximum atomic E-state index is 10.6. The molecule has 0 aliphatic carbocycles. The molecule has 1 N–H and O–H groups in total. The van der Waals surface area contributed by atoms with Crippen LogP contribution in [-0.4, -0.2) is 33.1 Å². The Morgan fingerprint density at radius 1 is 1.04 bits per heavy atom. The highest BCUT2D eigenvalue weighted by atomic mass is 32.2. The van der Waals surface area contributed by atoms with Crippen molar-refractivity contribution in [3.63, 3.8) is 0 Å². The normalized spacial score (nSPS) is 27.6. The summed E-state index contributed by atoms with van der Waals surface area (Å²) >= 11 is 4.48. The van der Waals surface area contributed by atoms with Crippen LogP contribution in [0.5, 0.6) is 0 Å². The first-order valence-corrected chi connectivity index (χ1v) is 12.9. The maximum absolute atomic E-state index is 10.6. The van der Waals surface area contributed by atoms with Gasteiger partial charge in [-0.1, -0.05) is 51.2 Å². The largest absolute Gasteiger partial charge is 0.481 e. The van der Waals surface area contributed by atoms with Crippen LogP contribution in [0.25, 0.3) is 0 Å². The Balaban J connectivity index is 1.60. The fraction of sp³-hybridized carbons (Fsp3) is 0.864. The second-order valence-electron chi connectivity index (χ2n) is 7.95. The topological polar surface area (TPSA) is 37.3 Å². The van der Waals surface area contributed by atoms with Crippen LogP contribution in [0.2, 0.25) is 0 Å². The maximum Gasteiger partial charge on any atom is 0.303 e. The first-order chi connectivity index (χ1) is 12.7. The molecule has 2 bridgehead atoms. The number of hydrogen-bond acceptors (Lipinski definition) is 3. The number of unbranched alkanes of at least 4 members (excludes halogenated alkanes) is 6. The highest BCUT2D eigenvalue weighted by Gasteiger charge is 2.47. The van der Waals surface area contributed by atoms with Gasteiger partial charge in [-0.05, 0) is 61.9 Å². The fourth-order valence-corrected chi connectivity index (χ4v) is 7.83. The zero-order valence-corrected chi connectivity index (χ0v) is 18.2. The molecule has 0 aromatic carbocycles. The third-order valence-corrected chi connectivity index (χ3v) is 8.95. The first kappa shape index (κ1) is 22.2. The van der Waals surface area contributed by atoms with E-state index in [4.69, 9.17) is 5.11 Å². The van der Waals surface area contributed by atoms with Gasteiger partial charge < -0.3 is 5.11 Å². The molecule has 0 aromatic rings. The number of carbonyl (C=O) groups is 1. The number of rotatable bonds is 15. The minimum absolute atomic E-state index is 0.298. The van der Waals surface area contributed by atoms with Gasteiger partial charge in [0.05, 0.1) is 0 Å². The predicted octanol–water partition coefficient (Wildman–Crippen LogP) is 6.79. The Bertz CT molecular complexity index is 424. The van der Waals surface area contributed by atoms with Crippen molar-refractivity contribution in [1.82, 2.24) is 0 Å². The number of carboxylic acids is 1. The van der Waals surface area contributed by atoms with Crippen molar-refractivity contribution in [2.75, 3.05) is 11.5 Å². The highest BCUT2D eigenvalue weighted by molar-refractivity contribution is 8.01. The number of hydrogen-bond donors (Lipinski definition) is 1. The molecule has 0 amide bonds. The van der Waals surface area contributed by atoms with E-state index >= 15 is 0 Å². The fourth-order valence-electron chi connectivity index (χ4n) is 4.37. The summed E-state index contributed by atoms with van der Waals surface area (Å²) in [5.41, 5.74) is 0. The molecule has 0 radical (unpaired) electrons. The Labute approximate surface area is 169 Å². The van der Waals surface area contributed by atoms with Crippen molar-refractivity contribution >= 4 is 29.5 Å². The van der Waals surface area contributed by atoms with Gasteiger partial charge in [0, 0.05) is 16.9 Å². The van der Waals surface area contributed by atoms with Crippen molar-refractivity contribution in [2.45, 2.75) is 94.5 Å². The van der Waals surface area contributed by atoms with E-state index in [1.54, 1.807) is 0 Å². The van der Waals surface area contributed by atoms with Crippen LogP contribution in [-0.2, 0) is 4.79 Å². The Morgan fingerprint density at radius 3 is 2.54 bits per heavy atom. The third kappa shape index (κ3) is 7.88. The lowest BCUT2D eigenvalue weighted by Crippen LogP contribution is -2.28. The quantitative estimate of drug-likeness (QED) is 0.243. The SMILES string of the molecule is CCCCCCCCSC[C@H]1[C@@H](C/C=C\CCCC(=O)O)[C@H]2CC[C@@H]1S2. The summed E-state index contributed by atoms with van der Waals surface area (Å²) < 4.78 is 0. The molecule has 2 fully saturated rings. The van der Waals surface area contributed by atoms with Crippen molar-refractivity contribution in [1.29, 1.82) is 0 Å². The molecule has 26 heavy (non-hydrogen) atoms. The molecule has 2 rings (SSSR count). The smallest absolute Gasteiger partial charge is 0.303 e. The third-order valence-electron chi connectivity index (χ3n) is 5.88. The number of aliphatic carboxylic acids is 1. The Kier molecular flexibility index (Phi) is 11.2. The second kappa shape index (κ2) is 13.1. The zero-order chi connectivity index (χ0) is 18.6. The van der Waals surface area contributed by atoms with Gasteiger partial charge in [-0.25, -0.2) is 0 Å².